The molecule has 2 rings (SSSR count). The van der Waals surface area contributed by atoms with Crippen molar-refractivity contribution in [1.82, 2.24) is 0 Å². The summed E-state index contributed by atoms with van der Waals surface area (Å²) in [7, 11) is 0. The van der Waals surface area contributed by atoms with Gasteiger partial charge in [0.15, 0.2) is 0 Å². The number of rotatable bonds is 5. The van der Waals surface area contributed by atoms with Crippen molar-refractivity contribution >= 4 is 23.4 Å². The van der Waals surface area contributed by atoms with E-state index < -0.39 is 6.10 Å². The van der Waals surface area contributed by atoms with E-state index >= 15 is 0 Å². The Kier molecular flexibility index (Phi) is 5.53. The number of thioether (sulfide) groups is 1. The first-order chi connectivity index (χ1) is 9.60. The van der Waals surface area contributed by atoms with Crippen molar-refractivity contribution in [3.8, 4) is 0 Å². The molecule has 0 fully saturated rings. The minimum Gasteiger partial charge on any atom is -0.387 e. The fourth-order valence-electron chi connectivity index (χ4n) is 2.01. The summed E-state index contributed by atoms with van der Waals surface area (Å²) in [5.74, 6) is 0. The summed E-state index contributed by atoms with van der Waals surface area (Å²) < 4.78 is 0. The molecule has 0 amide bonds. The molecule has 0 aromatic heterocycles. The topological polar surface area (TPSA) is 20.2 Å². The van der Waals surface area contributed by atoms with Gasteiger partial charge in [0.25, 0.3) is 0 Å². The number of halogens is 1. The molecule has 0 bridgehead atoms. The molecular weight excluding hydrogens is 288 g/mol. The predicted molar refractivity (Wildman–Crippen MR) is 87.6 cm³/mol. The lowest BCUT2D eigenvalue weighted by atomic mass is 10.0. The maximum Gasteiger partial charge on any atom is 0.0909 e. The Bertz CT molecular complexity index is 536. The number of aryl methyl sites for hydroxylation is 1. The summed E-state index contributed by atoms with van der Waals surface area (Å²) in [5, 5.41) is 11.2. The van der Waals surface area contributed by atoms with Crippen molar-refractivity contribution in [2.75, 3.05) is 0 Å². The van der Waals surface area contributed by atoms with E-state index in [0.717, 1.165) is 21.9 Å². The summed E-state index contributed by atoms with van der Waals surface area (Å²) in [6.07, 6.45) is 0.549. The highest BCUT2D eigenvalue weighted by molar-refractivity contribution is 8.00. The van der Waals surface area contributed by atoms with E-state index in [0.29, 0.717) is 0 Å². The number of hydrogen-bond donors (Lipinski definition) is 1. The zero-order valence-electron chi connectivity index (χ0n) is 11.7. The second-order valence-electron chi connectivity index (χ2n) is 4.82. The maximum atomic E-state index is 10.4. The highest BCUT2D eigenvalue weighted by atomic mass is 35.5. The number of hydrogen-bond acceptors (Lipinski definition) is 2. The van der Waals surface area contributed by atoms with Crippen molar-refractivity contribution in [3.63, 3.8) is 0 Å². The van der Waals surface area contributed by atoms with Gasteiger partial charge in [0.05, 0.1) is 6.10 Å². The predicted octanol–water partition coefficient (Wildman–Crippen LogP) is 5.12. The normalized spacial score (nSPS) is 14.0. The molecule has 0 aliphatic rings. The monoisotopic (exact) mass is 306 g/mol. The molecule has 20 heavy (non-hydrogen) atoms. The smallest absolute Gasteiger partial charge is 0.0909 e. The molecule has 2 aromatic carbocycles. The molecular formula is C17H19ClOS. The van der Waals surface area contributed by atoms with Crippen molar-refractivity contribution in [2.24, 2.45) is 0 Å². The van der Waals surface area contributed by atoms with Gasteiger partial charge in [-0.15, -0.1) is 11.8 Å². The lowest BCUT2D eigenvalue weighted by molar-refractivity contribution is 0.179. The van der Waals surface area contributed by atoms with Crippen LogP contribution in [0.3, 0.4) is 0 Å². The van der Waals surface area contributed by atoms with E-state index in [1.165, 1.54) is 5.56 Å². The van der Waals surface area contributed by atoms with Gasteiger partial charge in [0.1, 0.15) is 0 Å². The average Bonchev–Trinajstić information content (AvgIpc) is 2.49. The second kappa shape index (κ2) is 7.16. The van der Waals surface area contributed by atoms with Gasteiger partial charge in [0.2, 0.25) is 0 Å². The van der Waals surface area contributed by atoms with Gasteiger partial charge >= 0.3 is 0 Å². The van der Waals surface area contributed by atoms with Crippen LogP contribution in [-0.4, -0.2) is 10.4 Å². The first-order valence-electron chi connectivity index (χ1n) is 6.79. The van der Waals surface area contributed by atoms with Gasteiger partial charge < -0.3 is 5.11 Å². The Hall–Kier alpha value is -0.960. The molecule has 2 atom stereocenters. The largest absolute Gasteiger partial charge is 0.387 e. The molecule has 0 unspecified atom stereocenters. The standard InChI is InChI=1S/C17H19ClOS/c1-3-13-4-6-14(7-5-13)17(19)12(2)20-16-10-8-15(18)9-11-16/h4-12,17,19H,3H2,1-2H3/t12-,17-/m1/s1. The van der Waals surface area contributed by atoms with Gasteiger partial charge in [-0.25, -0.2) is 0 Å². The third-order valence-corrected chi connectivity index (χ3v) is 4.74. The molecule has 0 spiro atoms. The lowest BCUT2D eigenvalue weighted by Crippen LogP contribution is -2.11. The van der Waals surface area contributed by atoms with Crippen LogP contribution < -0.4 is 0 Å². The highest BCUT2D eigenvalue weighted by Gasteiger charge is 2.17. The van der Waals surface area contributed by atoms with Crippen LogP contribution in [-0.2, 0) is 6.42 Å². The van der Waals surface area contributed by atoms with E-state index in [-0.39, 0.29) is 5.25 Å². The van der Waals surface area contributed by atoms with E-state index in [1.54, 1.807) is 11.8 Å². The first kappa shape index (κ1) is 15.4. The van der Waals surface area contributed by atoms with Crippen LogP contribution in [0.1, 0.15) is 31.1 Å². The highest BCUT2D eigenvalue weighted by Crippen LogP contribution is 2.32. The van der Waals surface area contributed by atoms with E-state index in [9.17, 15) is 5.11 Å². The first-order valence-corrected chi connectivity index (χ1v) is 8.05. The Labute approximate surface area is 130 Å². The van der Waals surface area contributed by atoms with Crippen molar-refractivity contribution in [1.29, 1.82) is 0 Å². The van der Waals surface area contributed by atoms with Crippen LogP contribution in [0.25, 0.3) is 0 Å². The molecule has 0 saturated carbocycles. The van der Waals surface area contributed by atoms with E-state index in [4.69, 9.17) is 11.6 Å². The van der Waals surface area contributed by atoms with Crippen LogP contribution in [0.4, 0.5) is 0 Å². The Morgan fingerprint density at radius 3 is 2.20 bits per heavy atom. The maximum absolute atomic E-state index is 10.4. The zero-order valence-corrected chi connectivity index (χ0v) is 13.3. The van der Waals surface area contributed by atoms with Gasteiger partial charge in [-0.3, -0.25) is 0 Å². The molecule has 106 valence electrons. The summed E-state index contributed by atoms with van der Waals surface area (Å²) in [5.41, 5.74) is 2.26. The third kappa shape index (κ3) is 4.02. The van der Waals surface area contributed by atoms with E-state index in [1.807, 2.05) is 43.3 Å². The SMILES string of the molecule is CCc1ccc([C@H](O)[C@@H](C)Sc2ccc(Cl)cc2)cc1. The summed E-state index contributed by atoms with van der Waals surface area (Å²) >= 11 is 7.53. The zero-order chi connectivity index (χ0) is 14.5. The average molecular weight is 307 g/mol. The molecule has 0 saturated heterocycles. The molecule has 0 heterocycles. The Balaban J connectivity index is 2.03. The van der Waals surface area contributed by atoms with Crippen LogP contribution in [0, 0.1) is 0 Å². The quantitative estimate of drug-likeness (QED) is 0.774. The number of aliphatic hydroxyl groups is 1. The number of benzene rings is 2. The Morgan fingerprint density at radius 2 is 1.65 bits per heavy atom. The molecule has 0 radical (unpaired) electrons. The van der Waals surface area contributed by atoms with Gasteiger partial charge in [0, 0.05) is 15.2 Å². The molecule has 2 aromatic rings. The third-order valence-electron chi connectivity index (χ3n) is 3.31. The fourth-order valence-corrected chi connectivity index (χ4v) is 3.15. The molecule has 1 N–H and O–H groups in total. The van der Waals surface area contributed by atoms with Crippen molar-refractivity contribution in [3.05, 3.63) is 64.7 Å². The molecule has 3 heteroatoms. The minimum absolute atomic E-state index is 0.0867. The van der Waals surface area contributed by atoms with Gasteiger partial charge in [-0.2, -0.15) is 0 Å². The van der Waals surface area contributed by atoms with E-state index in [2.05, 4.69) is 19.1 Å². The minimum atomic E-state index is -0.471. The van der Waals surface area contributed by atoms with Crippen LogP contribution in [0.2, 0.25) is 5.02 Å². The van der Waals surface area contributed by atoms with Crippen LogP contribution in [0.15, 0.2) is 53.4 Å². The van der Waals surface area contributed by atoms with Gasteiger partial charge in [-0.1, -0.05) is 49.7 Å². The molecule has 0 aliphatic heterocycles. The Morgan fingerprint density at radius 1 is 1.05 bits per heavy atom. The molecule has 0 aliphatic carbocycles. The van der Waals surface area contributed by atoms with Gasteiger partial charge in [-0.05, 0) is 41.8 Å². The van der Waals surface area contributed by atoms with Crippen molar-refractivity contribution in [2.45, 2.75) is 36.5 Å². The summed E-state index contributed by atoms with van der Waals surface area (Å²) in [6, 6.07) is 15.9. The molecule has 1 nitrogen and oxygen atoms in total. The van der Waals surface area contributed by atoms with Crippen LogP contribution in [0.5, 0.6) is 0 Å². The van der Waals surface area contributed by atoms with Crippen LogP contribution >= 0.6 is 23.4 Å². The lowest BCUT2D eigenvalue weighted by Gasteiger charge is -2.19. The summed E-state index contributed by atoms with van der Waals surface area (Å²) in [4.78, 5) is 1.12. The fraction of sp³-hybridized carbons (Fsp3) is 0.294. The summed E-state index contributed by atoms with van der Waals surface area (Å²) in [6.45, 7) is 4.17. The van der Waals surface area contributed by atoms with Crippen molar-refractivity contribution < 1.29 is 5.11 Å². The second-order valence-corrected chi connectivity index (χ2v) is 6.70. The number of aliphatic hydroxyl groups excluding tert-OH is 1.